The average molecular weight is 505 g/mol. The number of rotatable bonds is 8. The zero-order chi connectivity index (χ0) is 25.7. The first-order valence-corrected chi connectivity index (χ1v) is 13.4. The molecule has 0 saturated carbocycles. The highest BCUT2D eigenvalue weighted by atomic mass is 19.1. The van der Waals surface area contributed by atoms with E-state index in [9.17, 15) is 9.18 Å². The third-order valence-electron chi connectivity index (χ3n) is 8.75. The zero-order valence-electron chi connectivity index (χ0n) is 22.3. The molecule has 36 heavy (non-hydrogen) atoms. The Labute approximate surface area is 215 Å². The Bertz CT molecular complexity index is 863. The second-order valence-electron chi connectivity index (χ2n) is 10.6. The minimum atomic E-state index is -0.264. The second kappa shape index (κ2) is 12.8. The quantitative estimate of drug-likeness (QED) is 0.545. The number of methoxy groups -OCH3 is 3. The van der Waals surface area contributed by atoms with Crippen LogP contribution in [-0.2, 0) is 19.0 Å². The van der Waals surface area contributed by atoms with Gasteiger partial charge >= 0.3 is 0 Å². The molecule has 1 radical (unpaired) electrons. The van der Waals surface area contributed by atoms with Gasteiger partial charge in [0, 0.05) is 79.0 Å². The molecular formula is C28H43FN3O4. The summed E-state index contributed by atoms with van der Waals surface area (Å²) in [5.41, 5.74) is 1.60. The van der Waals surface area contributed by atoms with Crippen molar-refractivity contribution in [3.05, 3.63) is 35.1 Å². The van der Waals surface area contributed by atoms with Crippen molar-refractivity contribution in [2.45, 2.75) is 44.3 Å². The molecule has 0 spiro atoms. The molecule has 8 heteroatoms. The van der Waals surface area contributed by atoms with E-state index in [0.717, 1.165) is 44.5 Å². The number of carbonyl (C=O) groups is 1. The number of benzene rings is 1. The van der Waals surface area contributed by atoms with Crippen LogP contribution in [0, 0.1) is 30.5 Å². The van der Waals surface area contributed by atoms with E-state index in [-0.39, 0.29) is 47.6 Å². The summed E-state index contributed by atoms with van der Waals surface area (Å²) in [6, 6.07) is 5.33. The average Bonchev–Trinajstić information content (AvgIpc) is 2.92. The fourth-order valence-corrected chi connectivity index (χ4v) is 6.69. The molecule has 0 aromatic heterocycles. The maximum absolute atomic E-state index is 14.9. The Kier molecular flexibility index (Phi) is 9.75. The Hall–Kier alpha value is -1.58. The lowest BCUT2D eigenvalue weighted by Gasteiger charge is -2.50. The van der Waals surface area contributed by atoms with E-state index < -0.39 is 0 Å². The van der Waals surface area contributed by atoms with Gasteiger partial charge in [-0.1, -0.05) is 12.1 Å². The first-order chi connectivity index (χ1) is 17.5. The van der Waals surface area contributed by atoms with Crippen molar-refractivity contribution in [2.75, 3.05) is 73.7 Å². The topological polar surface area (TPSA) is 65.3 Å². The van der Waals surface area contributed by atoms with E-state index in [0.29, 0.717) is 38.3 Å². The number of amides is 1. The summed E-state index contributed by atoms with van der Waals surface area (Å²) >= 11 is 0. The third kappa shape index (κ3) is 5.94. The minimum Gasteiger partial charge on any atom is -0.383 e. The molecule has 0 N–H and O–H groups in total. The Morgan fingerprint density at radius 1 is 1.08 bits per heavy atom. The van der Waals surface area contributed by atoms with Crippen LogP contribution in [0.3, 0.4) is 0 Å². The van der Waals surface area contributed by atoms with Crippen LogP contribution in [0.4, 0.5) is 4.39 Å². The van der Waals surface area contributed by atoms with Gasteiger partial charge in [0.15, 0.2) is 0 Å². The number of piperidine rings is 3. The van der Waals surface area contributed by atoms with Gasteiger partial charge in [0.25, 0.3) is 0 Å². The van der Waals surface area contributed by atoms with Crippen LogP contribution in [0.5, 0.6) is 0 Å². The summed E-state index contributed by atoms with van der Waals surface area (Å²) < 4.78 is 31.8. The standard InChI is InChI=1S/C28H43FN3O4/c1-19-21(6-5-7-25(19)29)27-23(22-16-30-11-8-26(22)36-4)17-31(14-15-34-2)18-24(27)28(33)32-12-9-20(35-3)10-13-32/h5-7,20,22-24,26-27H,8-18H2,1-4H3/t22-,23?,24+,26?,27?/m1/s1. The lowest BCUT2D eigenvalue weighted by Crippen LogP contribution is -2.57. The number of halogens is 1. The van der Waals surface area contributed by atoms with Gasteiger partial charge in [-0.3, -0.25) is 9.69 Å². The highest BCUT2D eigenvalue weighted by Crippen LogP contribution is 2.45. The normalized spacial score (nSPS) is 30.5. The molecular weight excluding hydrogens is 461 g/mol. The molecule has 1 aromatic carbocycles. The molecule has 3 fully saturated rings. The Balaban J connectivity index is 1.72. The van der Waals surface area contributed by atoms with Crippen LogP contribution in [-0.4, -0.2) is 102 Å². The van der Waals surface area contributed by atoms with Crippen molar-refractivity contribution >= 4 is 5.91 Å². The van der Waals surface area contributed by atoms with Crippen molar-refractivity contribution in [3.8, 4) is 0 Å². The van der Waals surface area contributed by atoms with Gasteiger partial charge < -0.3 is 19.1 Å². The molecule has 0 bridgehead atoms. The van der Waals surface area contributed by atoms with Crippen molar-refractivity contribution < 1.29 is 23.4 Å². The van der Waals surface area contributed by atoms with Crippen molar-refractivity contribution in [2.24, 2.45) is 17.8 Å². The van der Waals surface area contributed by atoms with Crippen molar-refractivity contribution in [1.82, 2.24) is 15.1 Å². The highest BCUT2D eigenvalue weighted by Gasteiger charge is 2.48. The van der Waals surface area contributed by atoms with Gasteiger partial charge in [-0.15, -0.1) is 0 Å². The van der Waals surface area contributed by atoms with Gasteiger partial charge in [-0.2, -0.15) is 0 Å². The van der Waals surface area contributed by atoms with E-state index in [2.05, 4.69) is 4.90 Å². The van der Waals surface area contributed by atoms with Crippen LogP contribution >= 0.6 is 0 Å². The second-order valence-corrected chi connectivity index (χ2v) is 10.6. The number of hydrogen-bond acceptors (Lipinski definition) is 5. The maximum Gasteiger partial charge on any atom is 0.227 e. The first-order valence-electron chi connectivity index (χ1n) is 13.4. The SMILES string of the molecule is COCCN1CC([C@H]2C[N]CCC2OC)C(c2cccc(F)c2C)[C@@H](C(=O)N2CCC(OC)CC2)C1. The lowest BCUT2D eigenvalue weighted by atomic mass is 9.65. The van der Waals surface area contributed by atoms with Crippen LogP contribution in [0.25, 0.3) is 0 Å². The molecule has 0 aliphatic carbocycles. The van der Waals surface area contributed by atoms with Gasteiger partial charge in [-0.25, -0.2) is 9.71 Å². The number of hydrogen-bond donors (Lipinski definition) is 0. The summed E-state index contributed by atoms with van der Waals surface area (Å²) in [7, 11) is 5.23. The molecule has 7 nitrogen and oxygen atoms in total. The molecule has 1 aromatic rings. The summed E-state index contributed by atoms with van der Waals surface area (Å²) in [6.45, 7) is 7.60. The monoisotopic (exact) mass is 504 g/mol. The Morgan fingerprint density at radius 3 is 2.56 bits per heavy atom. The van der Waals surface area contributed by atoms with E-state index in [1.165, 1.54) is 6.07 Å². The smallest absolute Gasteiger partial charge is 0.227 e. The van der Waals surface area contributed by atoms with Crippen LogP contribution in [0.1, 0.15) is 36.3 Å². The van der Waals surface area contributed by atoms with Gasteiger partial charge in [-0.05, 0) is 49.3 Å². The predicted octanol–water partition coefficient (Wildman–Crippen LogP) is 2.69. The van der Waals surface area contributed by atoms with E-state index >= 15 is 0 Å². The predicted molar refractivity (Wildman–Crippen MR) is 137 cm³/mol. The van der Waals surface area contributed by atoms with Gasteiger partial charge in [0.2, 0.25) is 5.91 Å². The molecule has 1 amide bonds. The van der Waals surface area contributed by atoms with E-state index in [4.69, 9.17) is 19.5 Å². The largest absolute Gasteiger partial charge is 0.383 e. The molecule has 3 aliphatic rings. The lowest BCUT2D eigenvalue weighted by molar-refractivity contribution is -0.143. The van der Waals surface area contributed by atoms with Crippen LogP contribution in [0.15, 0.2) is 18.2 Å². The molecule has 3 saturated heterocycles. The fourth-order valence-electron chi connectivity index (χ4n) is 6.69. The van der Waals surface area contributed by atoms with Crippen molar-refractivity contribution in [1.29, 1.82) is 0 Å². The number of likely N-dealkylation sites (tertiary alicyclic amines) is 2. The first kappa shape index (κ1) is 27.5. The number of ether oxygens (including phenoxy) is 3. The summed E-state index contributed by atoms with van der Waals surface area (Å²) in [6.07, 6.45) is 2.87. The molecule has 3 unspecified atom stereocenters. The summed E-state index contributed by atoms with van der Waals surface area (Å²) in [5, 5.41) is 4.76. The van der Waals surface area contributed by atoms with Gasteiger partial charge in [0.1, 0.15) is 5.82 Å². The minimum absolute atomic E-state index is 0.0828. The molecule has 4 rings (SSSR count). The Morgan fingerprint density at radius 2 is 1.86 bits per heavy atom. The highest BCUT2D eigenvalue weighted by molar-refractivity contribution is 5.80. The number of carbonyl (C=O) groups excluding carboxylic acids is 1. The molecule has 5 atom stereocenters. The summed E-state index contributed by atoms with van der Waals surface area (Å²) in [4.78, 5) is 18.6. The molecule has 3 heterocycles. The van der Waals surface area contributed by atoms with Gasteiger partial charge in [0.05, 0.1) is 24.7 Å². The summed E-state index contributed by atoms with van der Waals surface area (Å²) in [5.74, 6) is -0.0987. The third-order valence-corrected chi connectivity index (χ3v) is 8.75. The zero-order valence-corrected chi connectivity index (χ0v) is 22.3. The van der Waals surface area contributed by atoms with E-state index in [1.54, 1.807) is 27.4 Å². The molecule has 3 aliphatic heterocycles. The number of nitrogens with zero attached hydrogens (tertiary/aromatic N) is 3. The van der Waals surface area contributed by atoms with Crippen LogP contribution in [0.2, 0.25) is 0 Å². The van der Waals surface area contributed by atoms with E-state index in [1.807, 2.05) is 17.9 Å². The fraction of sp³-hybridized carbons (Fsp3) is 0.750. The maximum atomic E-state index is 14.9. The molecule has 201 valence electrons. The van der Waals surface area contributed by atoms with Crippen molar-refractivity contribution in [3.63, 3.8) is 0 Å². The van der Waals surface area contributed by atoms with Crippen LogP contribution < -0.4 is 5.32 Å².